The van der Waals surface area contributed by atoms with Crippen LogP contribution in [-0.4, -0.2) is 17.9 Å². The number of hydrogen-bond acceptors (Lipinski definition) is 4. The Morgan fingerprint density at radius 3 is 2.35 bits per heavy atom. The van der Waals surface area contributed by atoms with Gasteiger partial charge in [-0.3, -0.25) is 9.88 Å². The summed E-state index contributed by atoms with van der Waals surface area (Å²) in [6.07, 6.45) is 4.97. The second-order valence-electron chi connectivity index (χ2n) is 6.56. The molecule has 0 spiro atoms. The number of nitrogens with one attached hydrogen (secondary N) is 1. The minimum Gasteiger partial charge on any atom is -0.444 e. The molecule has 0 bridgehead atoms. The zero-order valence-corrected chi connectivity index (χ0v) is 14.1. The zero-order valence-electron chi connectivity index (χ0n) is 13.0. The van der Waals surface area contributed by atoms with E-state index in [1.165, 1.54) is 19.3 Å². The van der Waals surface area contributed by atoms with Crippen LogP contribution in [0.1, 0.15) is 59.8 Å². The van der Waals surface area contributed by atoms with Gasteiger partial charge in [0.05, 0.1) is 0 Å². The summed E-state index contributed by atoms with van der Waals surface area (Å²) in [7, 11) is -1.35. The molecular formula is C14H28NO4P. The lowest BCUT2D eigenvalue weighted by Crippen LogP contribution is -2.44. The van der Waals surface area contributed by atoms with Crippen molar-refractivity contribution in [2.75, 3.05) is 0 Å². The fourth-order valence-corrected chi connectivity index (χ4v) is 3.12. The van der Waals surface area contributed by atoms with E-state index in [-0.39, 0.29) is 5.92 Å². The molecule has 0 aromatic heterocycles. The highest BCUT2D eigenvalue weighted by atomic mass is 31.1. The van der Waals surface area contributed by atoms with Crippen LogP contribution < -0.4 is 5.32 Å². The Morgan fingerprint density at radius 1 is 1.25 bits per heavy atom. The van der Waals surface area contributed by atoms with Gasteiger partial charge in [0.1, 0.15) is 11.8 Å². The van der Waals surface area contributed by atoms with E-state index in [4.69, 9.17) is 9.26 Å². The number of carbonyl (C=O) groups is 1. The van der Waals surface area contributed by atoms with Gasteiger partial charge in [-0.1, -0.05) is 39.0 Å². The predicted octanol–water partition coefficient (Wildman–Crippen LogP) is 3.74. The summed E-state index contributed by atoms with van der Waals surface area (Å²) in [5, 5.41) is 2.71. The molecule has 1 saturated carbocycles. The molecule has 3 atom stereocenters. The molecule has 1 aliphatic rings. The Labute approximate surface area is 123 Å². The van der Waals surface area contributed by atoms with Gasteiger partial charge >= 0.3 is 6.09 Å². The average Bonchev–Trinajstić information content (AvgIpc) is 2.36. The molecule has 0 heterocycles. The van der Waals surface area contributed by atoms with Crippen LogP contribution in [-0.2, 0) is 13.8 Å². The third-order valence-electron chi connectivity index (χ3n) is 3.73. The van der Waals surface area contributed by atoms with Gasteiger partial charge in [0.25, 0.3) is 0 Å². The number of ether oxygens (including phenoxy) is 1. The van der Waals surface area contributed by atoms with Crippen molar-refractivity contribution >= 4 is 14.8 Å². The van der Waals surface area contributed by atoms with Crippen LogP contribution in [0.5, 0.6) is 0 Å². The fourth-order valence-electron chi connectivity index (χ4n) is 2.68. The molecule has 0 saturated heterocycles. The second kappa shape index (κ2) is 8.04. The van der Waals surface area contributed by atoms with Gasteiger partial charge in [-0.15, -0.1) is 0 Å². The van der Waals surface area contributed by atoms with E-state index >= 15 is 0 Å². The quantitative estimate of drug-likeness (QED) is 0.620. The van der Waals surface area contributed by atoms with E-state index in [2.05, 4.69) is 5.32 Å². The minimum atomic E-state index is -1.35. The minimum absolute atomic E-state index is 0.143. The van der Waals surface area contributed by atoms with Gasteiger partial charge in [0.2, 0.25) is 0 Å². The van der Waals surface area contributed by atoms with Gasteiger partial charge in [0.15, 0.2) is 8.69 Å². The van der Waals surface area contributed by atoms with E-state index in [9.17, 15) is 9.36 Å². The maximum Gasteiger partial charge on any atom is 0.409 e. The third kappa shape index (κ3) is 6.27. The van der Waals surface area contributed by atoms with Gasteiger partial charge in [-0.25, -0.2) is 4.79 Å². The molecule has 1 aliphatic carbocycles. The van der Waals surface area contributed by atoms with Crippen molar-refractivity contribution in [3.05, 3.63) is 0 Å². The summed E-state index contributed by atoms with van der Waals surface area (Å²) in [6.45, 7) is 7.48. The first-order valence-corrected chi connectivity index (χ1v) is 8.36. The van der Waals surface area contributed by atoms with Crippen LogP contribution in [0.4, 0.5) is 4.79 Å². The maximum absolute atomic E-state index is 11.8. The Morgan fingerprint density at radius 2 is 1.85 bits per heavy atom. The molecule has 0 radical (unpaired) electrons. The molecular weight excluding hydrogens is 277 g/mol. The van der Waals surface area contributed by atoms with Crippen molar-refractivity contribution < 1.29 is 18.6 Å². The topological polar surface area (TPSA) is 64.6 Å². The lowest BCUT2D eigenvalue weighted by atomic mass is 9.80. The first-order chi connectivity index (χ1) is 9.33. The van der Waals surface area contributed by atoms with E-state index in [0.717, 1.165) is 12.8 Å². The predicted molar refractivity (Wildman–Crippen MR) is 80.4 cm³/mol. The SMILES string of the molecule is CC(C1CCCCC1)C(NC(=O)OC(C)(C)C)O[PH2]=O. The molecule has 1 N–H and O–H groups in total. The zero-order chi connectivity index (χ0) is 15.2. The summed E-state index contributed by atoms with van der Waals surface area (Å²) in [5.74, 6) is 0.652. The Hall–Kier alpha value is -0.540. The normalized spacial score (nSPS) is 20.8. The Kier molecular flexibility index (Phi) is 7.04. The molecule has 5 nitrogen and oxygen atoms in total. The largest absolute Gasteiger partial charge is 0.444 e. The summed E-state index contributed by atoms with van der Waals surface area (Å²) < 4.78 is 21.4. The van der Waals surface area contributed by atoms with Crippen molar-refractivity contribution in [1.82, 2.24) is 5.32 Å². The van der Waals surface area contributed by atoms with Gasteiger partial charge in [-0.05, 0) is 26.7 Å². The molecule has 0 aliphatic heterocycles. The highest BCUT2D eigenvalue weighted by Crippen LogP contribution is 2.32. The van der Waals surface area contributed by atoms with Crippen LogP contribution in [0, 0.1) is 11.8 Å². The van der Waals surface area contributed by atoms with E-state index < -0.39 is 26.6 Å². The number of rotatable bonds is 5. The third-order valence-corrected chi connectivity index (χ3v) is 4.14. The average molecular weight is 305 g/mol. The van der Waals surface area contributed by atoms with Crippen LogP contribution in [0.3, 0.4) is 0 Å². The molecule has 1 fully saturated rings. The Balaban J connectivity index is 2.58. The first-order valence-electron chi connectivity index (χ1n) is 7.42. The summed E-state index contributed by atoms with van der Waals surface area (Å²) >= 11 is 0. The van der Waals surface area contributed by atoms with Crippen LogP contribution in [0.25, 0.3) is 0 Å². The molecule has 20 heavy (non-hydrogen) atoms. The molecule has 3 unspecified atom stereocenters. The number of carbonyl (C=O) groups excluding carboxylic acids is 1. The summed E-state index contributed by atoms with van der Waals surface area (Å²) in [5.41, 5.74) is -0.549. The molecule has 0 aromatic rings. The molecule has 6 heteroatoms. The van der Waals surface area contributed by atoms with Crippen LogP contribution in [0.2, 0.25) is 0 Å². The fraction of sp³-hybridized carbons (Fsp3) is 0.929. The summed E-state index contributed by atoms with van der Waals surface area (Å²) in [6, 6.07) is 0. The lowest BCUT2D eigenvalue weighted by Gasteiger charge is -2.33. The molecule has 0 aromatic carbocycles. The highest BCUT2D eigenvalue weighted by Gasteiger charge is 2.30. The van der Waals surface area contributed by atoms with Gasteiger partial charge in [0, 0.05) is 5.92 Å². The van der Waals surface area contributed by atoms with Crippen molar-refractivity contribution in [1.29, 1.82) is 0 Å². The van der Waals surface area contributed by atoms with Crippen molar-refractivity contribution in [2.45, 2.75) is 71.6 Å². The van der Waals surface area contributed by atoms with Crippen molar-refractivity contribution in [3.63, 3.8) is 0 Å². The Bertz CT molecular complexity index is 324. The second-order valence-corrected chi connectivity index (χ2v) is 7.02. The van der Waals surface area contributed by atoms with Crippen molar-refractivity contribution in [2.24, 2.45) is 11.8 Å². The lowest BCUT2D eigenvalue weighted by molar-refractivity contribution is 0.0243. The van der Waals surface area contributed by atoms with E-state index in [1.54, 1.807) is 0 Å². The van der Waals surface area contributed by atoms with Gasteiger partial charge in [-0.2, -0.15) is 0 Å². The van der Waals surface area contributed by atoms with Crippen LogP contribution >= 0.6 is 8.69 Å². The first kappa shape index (κ1) is 17.5. The number of alkyl carbamates (subject to hydrolysis) is 1. The standard InChI is InChI=1S/C14H28NO4P/c1-10(11-8-6-5-7-9-11)12(19-20-17)15-13(16)18-14(2,3)4/h10-12H,5-9,20H2,1-4H3,(H,15,16). The van der Waals surface area contributed by atoms with E-state index in [1.807, 2.05) is 27.7 Å². The van der Waals surface area contributed by atoms with Gasteiger partial charge < -0.3 is 9.26 Å². The number of amides is 1. The highest BCUT2D eigenvalue weighted by molar-refractivity contribution is 7.17. The molecule has 118 valence electrons. The molecule has 1 rings (SSSR count). The number of hydrogen-bond donors (Lipinski definition) is 1. The monoisotopic (exact) mass is 305 g/mol. The van der Waals surface area contributed by atoms with E-state index in [0.29, 0.717) is 5.92 Å². The summed E-state index contributed by atoms with van der Waals surface area (Å²) in [4.78, 5) is 11.8. The molecule has 1 amide bonds. The van der Waals surface area contributed by atoms with Crippen LogP contribution in [0.15, 0.2) is 0 Å². The van der Waals surface area contributed by atoms with Crippen molar-refractivity contribution in [3.8, 4) is 0 Å². The smallest absolute Gasteiger partial charge is 0.409 e. The maximum atomic E-state index is 11.8.